The summed E-state index contributed by atoms with van der Waals surface area (Å²) in [5, 5.41) is 3.19. The van der Waals surface area contributed by atoms with Gasteiger partial charge in [-0.2, -0.15) is 0 Å². The van der Waals surface area contributed by atoms with Crippen molar-refractivity contribution in [1.82, 2.24) is 10.2 Å². The number of para-hydroxylation sites is 1. The number of ether oxygens (including phenoxy) is 1. The predicted octanol–water partition coefficient (Wildman–Crippen LogP) is 3.57. The van der Waals surface area contributed by atoms with E-state index in [-0.39, 0.29) is 5.91 Å². The van der Waals surface area contributed by atoms with Crippen LogP contribution in [0.2, 0.25) is 0 Å². The van der Waals surface area contributed by atoms with E-state index in [9.17, 15) is 4.79 Å². The monoisotopic (exact) mass is 407 g/mol. The van der Waals surface area contributed by atoms with E-state index >= 15 is 0 Å². The highest BCUT2D eigenvalue weighted by molar-refractivity contribution is 5.77. The topological polar surface area (TPSA) is 44.8 Å². The van der Waals surface area contributed by atoms with Gasteiger partial charge < -0.3 is 19.9 Å². The number of hydrogen-bond donors (Lipinski definition) is 1. The molecule has 5 nitrogen and oxygen atoms in total. The van der Waals surface area contributed by atoms with E-state index in [1.165, 1.54) is 22.4 Å². The average Bonchev–Trinajstić information content (AvgIpc) is 2.78. The summed E-state index contributed by atoms with van der Waals surface area (Å²) in [6.07, 6.45) is 3.83. The zero-order valence-electron chi connectivity index (χ0n) is 18.2. The third kappa shape index (κ3) is 4.78. The highest BCUT2D eigenvalue weighted by Gasteiger charge is 2.23. The number of piperazine rings is 1. The molecule has 4 rings (SSSR count). The van der Waals surface area contributed by atoms with Crippen molar-refractivity contribution < 1.29 is 9.53 Å². The lowest BCUT2D eigenvalue weighted by molar-refractivity contribution is -0.121. The van der Waals surface area contributed by atoms with Crippen molar-refractivity contribution in [2.45, 2.75) is 38.1 Å². The van der Waals surface area contributed by atoms with Gasteiger partial charge >= 0.3 is 0 Å². The second kappa shape index (κ2) is 9.52. The standard InChI is InChI=1S/C25H33N3O2/c1-27-12-14-28(15-13-27)24-9-4-3-6-21(24)18-26-25(29)17-20-8-5-7-19-16-22(30-2)10-11-23(19)20/h3-4,6,9-11,16,20H,5,7-8,12-15,17-18H2,1-2H3,(H,26,29). The number of anilines is 1. The Morgan fingerprint density at radius 3 is 2.73 bits per heavy atom. The van der Waals surface area contributed by atoms with Crippen molar-refractivity contribution in [3.05, 3.63) is 59.2 Å². The summed E-state index contributed by atoms with van der Waals surface area (Å²) in [7, 11) is 3.87. The van der Waals surface area contributed by atoms with Gasteiger partial charge in [-0.3, -0.25) is 4.79 Å². The van der Waals surface area contributed by atoms with E-state index in [1.54, 1.807) is 7.11 Å². The van der Waals surface area contributed by atoms with Crippen molar-refractivity contribution in [1.29, 1.82) is 0 Å². The Morgan fingerprint density at radius 1 is 1.13 bits per heavy atom. The summed E-state index contributed by atoms with van der Waals surface area (Å²) in [6, 6.07) is 14.8. The number of rotatable bonds is 6. The molecule has 2 aromatic carbocycles. The molecule has 0 spiro atoms. The summed E-state index contributed by atoms with van der Waals surface area (Å²) in [4.78, 5) is 17.6. The molecule has 1 N–H and O–H groups in total. The van der Waals surface area contributed by atoms with Gasteiger partial charge in [0.15, 0.2) is 0 Å². The van der Waals surface area contributed by atoms with E-state index in [0.717, 1.165) is 51.2 Å². The van der Waals surface area contributed by atoms with Crippen LogP contribution in [0.25, 0.3) is 0 Å². The minimum atomic E-state index is 0.136. The van der Waals surface area contributed by atoms with Crippen LogP contribution in [-0.2, 0) is 17.8 Å². The molecule has 0 radical (unpaired) electrons. The fourth-order valence-corrected chi connectivity index (χ4v) is 4.74. The largest absolute Gasteiger partial charge is 0.497 e. The number of hydrogen-bond acceptors (Lipinski definition) is 4. The lowest BCUT2D eigenvalue weighted by atomic mass is 9.81. The van der Waals surface area contributed by atoms with Crippen molar-refractivity contribution >= 4 is 11.6 Å². The molecule has 1 heterocycles. The molecule has 2 aromatic rings. The molecule has 0 saturated carbocycles. The van der Waals surface area contributed by atoms with Crippen LogP contribution in [-0.4, -0.2) is 51.1 Å². The van der Waals surface area contributed by atoms with Crippen molar-refractivity contribution in [3.63, 3.8) is 0 Å². The molecule has 1 unspecified atom stereocenters. The van der Waals surface area contributed by atoms with E-state index in [2.05, 4.69) is 58.6 Å². The number of aryl methyl sites for hydroxylation is 1. The zero-order valence-corrected chi connectivity index (χ0v) is 18.2. The van der Waals surface area contributed by atoms with Crippen molar-refractivity contribution in [2.24, 2.45) is 0 Å². The number of likely N-dealkylation sites (N-methyl/N-ethyl adjacent to an activating group) is 1. The van der Waals surface area contributed by atoms with E-state index in [4.69, 9.17) is 4.74 Å². The van der Waals surface area contributed by atoms with Crippen LogP contribution in [0.4, 0.5) is 5.69 Å². The minimum Gasteiger partial charge on any atom is -0.497 e. The fourth-order valence-electron chi connectivity index (χ4n) is 4.74. The highest BCUT2D eigenvalue weighted by atomic mass is 16.5. The van der Waals surface area contributed by atoms with Crippen LogP contribution >= 0.6 is 0 Å². The minimum absolute atomic E-state index is 0.136. The van der Waals surface area contributed by atoms with Crippen molar-refractivity contribution in [3.8, 4) is 5.75 Å². The maximum absolute atomic E-state index is 12.8. The van der Waals surface area contributed by atoms with Gasteiger partial charge in [-0.1, -0.05) is 24.3 Å². The molecule has 1 amide bonds. The van der Waals surface area contributed by atoms with E-state index < -0.39 is 0 Å². The molecule has 30 heavy (non-hydrogen) atoms. The molecule has 5 heteroatoms. The van der Waals surface area contributed by atoms with Crippen LogP contribution < -0.4 is 15.0 Å². The molecule has 160 valence electrons. The van der Waals surface area contributed by atoms with Gasteiger partial charge in [-0.25, -0.2) is 0 Å². The third-order valence-electron chi connectivity index (χ3n) is 6.53. The van der Waals surface area contributed by atoms with Crippen LogP contribution in [0.3, 0.4) is 0 Å². The number of benzene rings is 2. The summed E-state index contributed by atoms with van der Waals surface area (Å²) in [5.74, 6) is 1.34. The van der Waals surface area contributed by atoms with Gasteiger partial charge in [-0.05, 0) is 67.1 Å². The number of nitrogens with zero attached hydrogens (tertiary/aromatic N) is 2. The molecule has 0 bridgehead atoms. The normalized spacial score (nSPS) is 19.3. The van der Waals surface area contributed by atoms with Gasteiger partial charge in [0.2, 0.25) is 5.91 Å². The molecular weight excluding hydrogens is 374 g/mol. The Balaban J connectivity index is 1.37. The first kappa shape index (κ1) is 20.7. The Hall–Kier alpha value is -2.53. The third-order valence-corrected chi connectivity index (χ3v) is 6.53. The Morgan fingerprint density at radius 2 is 1.93 bits per heavy atom. The number of fused-ring (bicyclic) bond motifs is 1. The Kier molecular flexibility index (Phi) is 6.58. The second-order valence-corrected chi connectivity index (χ2v) is 8.55. The van der Waals surface area contributed by atoms with Crippen LogP contribution in [0.5, 0.6) is 5.75 Å². The molecule has 1 atom stereocenters. The molecule has 1 saturated heterocycles. The number of nitrogens with one attached hydrogen (secondary N) is 1. The maximum Gasteiger partial charge on any atom is 0.220 e. The quantitative estimate of drug-likeness (QED) is 0.795. The average molecular weight is 408 g/mol. The zero-order chi connectivity index (χ0) is 20.9. The predicted molar refractivity (Wildman–Crippen MR) is 121 cm³/mol. The SMILES string of the molecule is COc1ccc2c(c1)CCCC2CC(=O)NCc1ccccc1N1CCN(C)CC1. The first-order chi connectivity index (χ1) is 14.6. The Bertz CT molecular complexity index is 874. The second-order valence-electron chi connectivity index (χ2n) is 8.55. The lowest BCUT2D eigenvalue weighted by Gasteiger charge is -2.35. The molecule has 1 aliphatic heterocycles. The maximum atomic E-state index is 12.8. The molecule has 1 fully saturated rings. The van der Waals surface area contributed by atoms with Crippen LogP contribution in [0.1, 0.15) is 41.9 Å². The number of carbonyl (C=O) groups is 1. The molecular formula is C25H33N3O2. The summed E-state index contributed by atoms with van der Waals surface area (Å²) in [5.41, 5.74) is 5.10. The number of carbonyl (C=O) groups excluding carboxylic acids is 1. The van der Waals surface area contributed by atoms with E-state index in [1.807, 2.05) is 6.07 Å². The van der Waals surface area contributed by atoms with Gasteiger partial charge in [0.05, 0.1) is 7.11 Å². The molecule has 2 aliphatic rings. The fraction of sp³-hybridized carbons (Fsp3) is 0.480. The van der Waals surface area contributed by atoms with Gasteiger partial charge in [-0.15, -0.1) is 0 Å². The summed E-state index contributed by atoms with van der Waals surface area (Å²) >= 11 is 0. The lowest BCUT2D eigenvalue weighted by Crippen LogP contribution is -2.45. The van der Waals surface area contributed by atoms with Crippen LogP contribution in [0, 0.1) is 0 Å². The van der Waals surface area contributed by atoms with E-state index in [0.29, 0.717) is 18.9 Å². The van der Waals surface area contributed by atoms with Crippen LogP contribution in [0.15, 0.2) is 42.5 Å². The van der Waals surface area contributed by atoms with Crippen molar-refractivity contribution in [2.75, 3.05) is 45.2 Å². The molecule has 0 aromatic heterocycles. The molecule has 1 aliphatic carbocycles. The van der Waals surface area contributed by atoms with Gasteiger partial charge in [0.25, 0.3) is 0 Å². The number of amides is 1. The Labute approximate surface area is 180 Å². The smallest absolute Gasteiger partial charge is 0.220 e. The van der Waals surface area contributed by atoms with Gasteiger partial charge in [0, 0.05) is 44.8 Å². The highest BCUT2D eigenvalue weighted by Crippen LogP contribution is 2.35. The first-order valence-electron chi connectivity index (χ1n) is 11.1. The number of methoxy groups -OCH3 is 1. The summed E-state index contributed by atoms with van der Waals surface area (Å²) in [6.45, 7) is 4.80. The van der Waals surface area contributed by atoms with Gasteiger partial charge in [0.1, 0.15) is 5.75 Å². The first-order valence-corrected chi connectivity index (χ1v) is 11.1. The summed E-state index contributed by atoms with van der Waals surface area (Å²) < 4.78 is 5.37.